The van der Waals surface area contributed by atoms with Gasteiger partial charge >= 0.3 is 5.97 Å². The Morgan fingerprint density at radius 3 is 2.71 bits per heavy atom. The summed E-state index contributed by atoms with van der Waals surface area (Å²) in [5, 5.41) is 18.0. The van der Waals surface area contributed by atoms with Crippen LogP contribution in [0, 0.1) is 12.3 Å². The highest BCUT2D eigenvalue weighted by Gasteiger charge is 2.14. The first kappa shape index (κ1) is 10.3. The van der Waals surface area contributed by atoms with Gasteiger partial charge in [-0.05, 0) is 11.6 Å². The number of aliphatic carboxylic acids is 1. The van der Waals surface area contributed by atoms with E-state index in [9.17, 15) is 9.90 Å². The number of aliphatic hydroxyl groups excluding tert-OH is 1. The van der Waals surface area contributed by atoms with Gasteiger partial charge in [-0.2, -0.15) is 0 Å². The molecule has 2 N–H and O–H groups in total. The van der Waals surface area contributed by atoms with Gasteiger partial charge in [0.15, 0.2) is 0 Å². The fourth-order valence-corrected chi connectivity index (χ4v) is 1.19. The van der Waals surface area contributed by atoms with Gasteiger partial charge < -0.3 is 10.2 Å². The Balaban J connectivity index is 2.95. The number of terminal acetylenes is 1. The van der Waals surface area contributed by atoms with Gasteiger partial charge in [0.05, 0.1) is 12.5 Å². The molecular weight excluding hydrogens is 180 g/mol. The van der Waals surface area contributed by atoms with Gasteiger partial charge in [-0.1, -0.05) is 24.1 Å². The van der Waals surface area contributed by atoms with Crippen molar-refractivity contribution in [3.05, 3.63) is 35.4 Å². The second kappa shape index (κ2) is 4.45. The van der Waals surface area contributed by atoms with Crippen LogP contribution in [0.5, 0.6) is 0 Å². The molecule has 72 valence electrons. The van der Waals surface area contributed by atoms with Crippen molar-refractivity contribution in [3.63, 3.8) is 0 Å². The Bertz CT molecular complexity index is 376. The summed E-state index contributed by atoms with van der Waals surface area (Å²) in [6.45, 7) is 0. The fourth-order valence-electron chi connectivity index (χ4n) is 1.19. The smallest absolute Gasteiger partial charge is 0.306 e. The number of carboxylic acids is 1. The maximum Gasteiger partial charge on any atom is 0.306 e. The zero-order valence-electron chi connectivity index (χ0n) is 7.47. The lowest BCUT2D eigenvalue weighted by atomic mass is 10.0. The zero-order valence-corrected chi connectivity index (χ0v) is 7.47. The standard InChI is InChI=1S/C11H10O3/c1-2-8-5-3-4-6-9(8)10(12)7-11(13)14/h1,3-6,10,12H,7H2,(H,13,14)/t10-/m1/s1. The Morgan fingerprint density at radius 1 is 1.50 bits per heavy atom. The second-order valence-electron chi connectivity index (χ2n) is 2.85. The van der Waals surface area contributed by atoms with Crippen LogP contribution in [0.3, 0.4) is 0 Å². The third-order valence-corrected chi connectivity index (χ3v) is 1.84. The van der Waals surface area contributed by atoms with Gasteiger partial charge in [-0.25, -0.2) is 0 Å². The van der Waals surface area contributed by atoms with E-state index in [-0.39, 0.29) is 6.42 Å². The molecule has 0 aliphatic rings. The summed E-state index contributed by atoms with van der Waals surface area (Å²) in [6.07, 6.45) is 3.83. The number of benzene rings is 1. The van der Waals surface area contributed by atoms with Crippen molar-refractivity contribution >= 4 is 5.97 Å². The minimum absolute atomic E-state index is 0.335. The number of aliphatic hydroxyl groups is 1. The third kappa shape index (κ3) is 2.35. The minimum atomic E-state index is -1.05. The number of hydrogen-bond donors (Lipinski definition) is 2. The van der Waals surface area contributed by atoms with Gasteiger partial charge in [-0.3, -0.25) is 4.79 Å². The fraction of sp³-hybridized carbons (Fsp3) is 0.182. The maximum atomic E-state index is 10.4. The molecule has 0 aliphatic heterocycles. The Hall–Kier alpha value is -1.79. The molecule has 3 nitrogen and oxygen atoms in total. The molecule has 14 heavy (non-hydrogen) atoms. The number of carbonyl (C=O) groups is 1. The summed E-state index contributed by atoms with van der Waals surface area (Å²) in [7, 11) is 0. The van der Waals surface area contributed by atoms with Crippen molar-refractivity contribution in [3.8, 4) is 12.3 Å². The molecule has 0 bridgehead atoms. The van der Waals surface area contributed by atoms with Crippen molar-refractivity contribution in [2.75, 3.05) is 0 Å². The van der Waals surface area contributed by atoms with Crippen molar-refractivity contribution < 1.29 is 15.0 Å². The van der Waals surface area contributed by atoms with E-state index in [1.165, 1.54) is 0 Å². The van der Waals surface area contributed by atoms with Crippen molar-refractivity contribution in [1.82, 2.24) is 0 Å². The molecule has 3 heteroatoms. The molecule has 1 atom stereocenters. The van der Waals surface area contributed by atoms with E-state index in [1.807, 2.05) is 0 Å². The monoisotopic (exact) mass is 190 g/mol. The largest absolute Gasteiger partial charge is 0.481 e. The summed E-state index contributed by atoms with van der Waals surface area (Å²) in [5.41, 5.74) is 1.01. The van der Waals surface area contributed by atoms with Gasteiger partial charge in [0.25, 0.3) is 0 Å². The summed E-state index contributed by atoms with van der Waals surface area (Å²) in [4.78, 5) is 10.4. The lowest BCUT2D eigenvalue weighted by molar-refractivity contribution is -0.139. The summed E-state index contributed by atoms with van der Waals surface area (Å²) in [5.74, 6) is 1.35. The van der Waals surface area contributed by atoms with E-state index in [0.717, 1.165) is 0 Å². The first-order valence-electron chi connectivity index (χ1n) is 4.10. The summed E-state index contributed by atoms with van der Waals surface area (Å²) >= 11 is 0. The van der Waals surface area contributed by atoms with E-state index in [1.54, 1.807) is 24.3 Å². The highest BCUT2D eigenvalue weighted by molar-refractivity contribution is 5.68. The molecule has 0 fully saturated rings. The molecule has 1 rings (SSSR count). The highest BCUT2D eigenvalue weighted by Crippen LogP contribution is 2.19. The van der Waals surface area contributed by atoms with E-state index >= 15 is 0 Å². The number of hydrogen-bond acceptors (Lipinski definition) is 2. The average Bonchev–Trinajstić information content (AvgIpc) is 2.16. The van der Waals surface area contributed by atoms with E-state index < -0.39 is 12.1 Å². The molecule has 0 amide bonds. The Kier molecular flexibility index (Phi) is 3.27. The van der Waals surface area contributed by atoms with E-state index in [2.05, 4.69) is 5.92 Å². The van der Waals surface area contributed by atoms with Crippen LogP contribution in [-0.4, -0.2) is 16.2 Å². The maximum absolute atomic E-state index is 10.4. The molecule has 0 spiro atoms. The van der Waals surface area contributed by atoms with Gasteiger partial charge in [-0.15, -0.1) is 6.42 Å². The Morgan fingerprint density at radius 2 is 2.14 bits per heavy atom. The van der Waals surface area contributed by atoms with E-state index in [0.29, 0.717) is 11.1 Å². The topological polar surface area (TPSA) is 57.5 Å². The molecule has 1 aromatic rings. The Labute approximate surface area is 82.0 Å². The van der Waals surface area contributed by atoms with Crippen LogP contribution in [-0.2, 0) is 4.79 Å². The van der Waals surface area contributed by atoms with Crippen LogP contribution in [0.2, 0.25) is 0 Å². The van der Waals surface area contributed by atoms with Crippen LogP contribution < -0.4 is 0 Å². The molecule has 0 radical (unpaired) electrons. The van der Waals surface area contributed by atoms with Crippen LogP contribution in [0.1, 0.15) is 23.7 Å². The molecule has 1 aromatic carbocycles. The highest BCUT2D eigenvalue weighted by atomic mass is 16.4. The predicted octanol–water partition coefficient (Wildman–Crippen LogP) is 1.18. The lowest BCUT2D eigenvalue weighted by Crippen LogP contribution is -2.06. The summed E-state index contributed by atoms with van der Waals surface area (Å²) < 4.78 is 0. The molecule has 0 heterocycles. The molecule has 0 saturated heterocycles. The van der Waals surface area contributed by atoms with Gasteiger partial charge in [0, 0.05) is 5.56 Å². The molecule has 0 aliphatic carbocycles. The quantitative estimate of drug-likeness (QED) is 0.703. The molecule has 0 aromatic heterocycles. The van der Waals surface area contributed by atoms with Crippen molar-refractivity contribution in [2.24, 2.45) is 0 Å². The average molecular weight is 190 g/mol. The lowest BCUT2D eigenvalue weighted by Gasteiger charge is -2.09. The van der Waals surface area contributed by atoms with Gasteiger partial charge in [0.1, 0.15) is 0 Å². The second-order valence-corrected chi connectivity index (χ2v) is 2.85. The first-order valence-corrected chi connectivity index (χ1v) is 4.10. The number of rotatable bonds is 3. The van der Waals surface area contributed by atoms with Crippen LogP contribution in [0.25, 0.3) is 0 Å². The minimum Gasteiger partial charge on any atom is -0.481 e. The number of carboxylic acid groups (broad SMARTS) is 1. The first-order chi connectivity index (χ1) is 6.65. The van der Waals surface area contributed by atoms with Crippen LogP contribution >= 0.6 is 0 Å². The molecular formula is C11H10O3. The summed E-state index contributed by atoms with van der Waals surface area (Å²) in [6, 6.07) is 6.75. The van der Waals surface area contributed by atoms with Crippen molar-refractivity contribution in [2.45, 2.75) is 12.5 Å². The normalized spacial score (nSPS) is 11.7. The zero-order chi connectivity index (χ0) is 10.6. The predicted molar refractivity (Wildman–Crippen MR) is 51.6 cm³/mol. The van der Waals surface area contributed by atoms with Crippen molar-refractivity contribution in [1.29, 1.82) is 0 Å². The molecule has 0 unspecified atom stereocenters. The van der Waals surface area contributed by atoms with E-state index in [4.69, 9.17) is 11.5 Å². The van der Waals surface area contributed by atoms with Gasteiger partial charge in [0.2, 0.25) is 0 Å². The van der Waals surface area contributed by atoms with Crippen LogP contribution in [0.4, 0.5) is 0 Å². The molecule has 0 saturated carbocycles. The van der Waals surface area contributed by atoms with Crippen LogP contribution in [0.15, 0.2) is 24.3 Å². The third-order valence-electron chi connectivity index (χ3n) is 1.84. The SMILES string of the molecule is C#Cc1ccccc1[C@H](O)CC(=O)O.